The second-order valence-electron chi connectivity index (χ2n) is 6.07. The van der Waals surface area contributed by atoms with Gasteiger partial charge in [0.1, 0.15) is 5.69 Å². The van der Waals surface area contributed by atoms with E-state index in [1.807, 2.05) is 23.2 Å². The molecule has 1 amide bonds. The summed E-state index contributed by atoms with van der Waals surface area (Å²) in [5.41, 5.74) is 0.826. The number of carbonyl (C=O) groups excluding carboxylic acids is 1. The van der Waals surface area contributed by atoms with Crippen molar-refractivity contribution >= 4 is 5.91 Å². The number of carbonyl (C=O) groups is 1. The van der Waals surface area contributed by atoms with Crippen molar-refractivity contribution in [3.8, 4) is 0 Å². The fraction of sp³-hybridized carbons (Fsp3) is 0.688. The molecule has 0 radical (unpaired) electrons. The molecule has 5 heteroatoms. The van der Waals surface area contributed by atoms with Gasteiger partial charge in [-0.15, -0.1) is 0 Å². The van der Waals surface area contributed by atoms with Crippen LogP contribution in [0.5, 0.6) is 0 Å². The molecule has 1 aromatic heterocycles. The van der Waals surface area contributed by atoms with E-state index in [1.165, 1.54) is 19.3 Å². The number of nitrogens with zero attached hydrogens (tertiary/aromatic N) is 2. The normalized spacial score (nSPS) is 21.7. The van der Waals surface area contributed by atoms with Crippen LogP contribution < -0.4 is 5.32 Å². The predicted molar refractivity (Wildman–Crippen MR) is 81.5 cm³/mol. The van der Waals surface area contributed by atoms with Gasteiger partial charge in [0.05, 0.1) is 6.61 Å². The van der Waals surface area contributed by atoms with Crippen LogP contribution in [-0.4, -0.2) is 54.8 Å². The largest absolute Gasteiger partial charge is 0.383 e. The molecule has 2 heterocycles. The lowest BCUT2D eigenvalue weighted by Crippen LogP contribution is -2.43. The predicted octanol–water partition coefficient (Wildman–Crippen LogP) is 1.66. The average molecular weight is 291 g/mol. The summed E-state index contributed by atoms with van der Waals surface area (Å²) in [5, 5.41) is 3.47. The average Bonchev–Trinajstić information content (AvgIpc) is 3.02. The Bertz CT molecular complexity index is 476. The third-order valence-corrected chi connectivity index (χ3v) is 4.39. The summed E-state index contributed by atoms with van der Waals surface area (Å²) in [7, 11) is 1.68. The van der Waals surface area contributed by atoms with Crippen LogP contribution in [0.15, 0.2) is 18.3 Å². The van der Waals surface area contributed by atoms with E-state index >= 15 is 0 Å². The quantitative estimate of drug-likeness (QED) is 0.831. The van der Waals surface area contributed by atoms with Crippen LogP contribution in [-0.2, 0) is 4.74 Å². The van der Waals surface area contributed by atoms with E-state index in [1.54, 1.807) is 7.11 Å². The monoisotopic (exact) mass is 291 g/mol. The van der Waals surface area contributed by atoms with Crippen LogP contribution in [0.3, 0.4) is 0 Å². The molecule has 1 saturated carbocycles. The highest BCUT2D eigenvalue weighted by molar-refractivity contribution is 5.93. The minimum absolute atomic E-state index is 0.137. The Kier molecular flexibility index (Phi) is 4.60. The Hall–Kier alpha value is -1.33. The second kappa shape index (κ2) is 6.62. The smallest absolute Gasteiger partial charge is 0.270 e. The lowest BCUT2D eigenvalue weighted by molar-refractivity contribution is 0.0668. The van der Waals surface area contributed by atoms with E-state index < -0.39 is 0 Å². The van der Waals surface area contributed by atoms with Gasteiger partial charge in [-0.25, -0.2) is 0 Å². The number of ether oxygens (including phenoxy) is 1. The van der Waals surface area contributed by atoms with Gasteiger partial charge in [0.25, 0.3) is 5.91 Å². The zero-order valence-corrected chi connectivity index (χ0v) is 12.8. The summed E-state index contributed by atoms with van der Waals surface area (Å²) >= 11 is 0. The van der Waals surface area contributed by atoms with Gasteiger partial charge in [-0.3, -0.25) is 4.79 Å². The first-order chi connectivity index (χ1) is 10.3. The highest BCUT2D eigenvalue weighted by atomic mass is 16.5. The molecule has 0 spiro atoms. The molecular formula is C16H25N3O2. The summed E-state index contributed by atoms with van der Waals surface area (Å²) in [6.07, 6.45) is 6.78. The molecule has 1 aromatic rings. The maximum Gasteiger partial charge on any atom is 0.270 e. The third-order valence-electron chi connectivity index (χ3n) is 4.39. The lowest BCUT2D eigenvalue weighted by atomic mass is 10.2. The number of nitrogens with one attached hydrogen (secondary N) is 1. The van der Waals surface area contributed by atoms with E-state index in [-0.39, 0.29) is 5.91 Å². The van der Waals surface area contributed by atoms with Crippen LogP contribution in [0, 0.1) is 0 Å². The fourth-order valence-corrected chi connectivity index (χ4v) is 3.06. The van der Waals surface area contributed by atoms with Crippen molar-refractivity contribution in [3.05, 3.63) is 24.0 Å². The molecule has 1 unspecified atom stereocenters. The molecule has 1 aliphatic heterocycles. The van der Waals surface area contributed by atoms with Crippen molar-refractivity contribution < 1.29 is 9.53 Å². The topological polar surface area (TPSA) is 46.5 Å². The molecular weight excluding hydrogens is 266 g/mol. The summed E-state index contributed by atoms with van der Waals surface area (Å²) in [5.74, 6) is 0.137. The number of hydrogen-bond donors (Lipinski definition) is 1. The molecule has 1 atom stereocenters. The minimum Gasteiger partial charge on any atom is -0.383 e. The Morgan fingerprint density at radius 2 is 2.33 bits per heavy atom. The van der Waals surface area contributed by atoms with Gasteiger partial charge >= 0.3 is 0 Å². The molecule has 1 aliphatic carbocycles. The first-order valence-electron chi connectivity index (χ1n) is 7.98. The van der Waals surface area contributed by atoms with E-state index in [9.17, 15) is 4.79 Å². The van der Waals surface area contributed by atoms with Crippen molar-refractivity contribution in [2.75, 3.05) is 33.4 Å². The molecule has 116 valence electrons. The highest BCUT2D eigenvalue weighted by Gasteiger charge is 2.29. The Labute approximate surface area is 126 Å². The van der Waals surface area contributed by atoms with E-state index in [0.29, 0.717) is 25.2 Å². The third kappa shape index (κ3) is 3.47. The van der Waals surface area contributed by atoms with Gasteiger partial charge in [0.15, 0.2) is 0 Å². The molecule has 1 N–H and O–H groups in total. The first-order valence-corrected chi connectivity index (χ1v) is 7.98. The SMILES string of the molecule is COCCN(CC1CCCN1)C(=O)c1cccn1C1CC1. The molecule has 0 aromatic carbocycles. The zero-order chi connectivity index (χ0) is 14.7. The number of methoxy groups -OCH3 is 1. The van der Waals surface area contributed by atoms with Crippen molar-refractivity contribution in [1.82, 2.24) is 14.8 Å². The molecule has 2 aliphatic rings. The van der Waals surface area contributed by atoms with Gasteiger partial charge in [-0.1, -0.05) is 0 Å². The van der Waals surface area contributed by atoms with E-state index in [2.05, 4.69) is 9.88 Å². The molecule has 1 saturated heterocycles. The summed E-state index contributed by atoms with van der Waals surface area (Å²) < 4.78 is 7.32. The Morgan fingerprint density at radius 1 is 1.48 bits per heavy atom. The van der Waals surface area contributed by atoms with Crippen LogP contribution in [0.1, 0.15) is 42.2 Å². The summed E-state index contributed by atoms with van der Waals surface area (Å²) in [6.45, 7) is 3.08. The van der Waals surface area contributed by atoms with E-state index in [0.717, 1.165) is 25.2 Å². The van der Waals surface area contributed by atoms with Gasteiger partial charge in [-0.2, -0.15) is 0 Å². The van der Waals surface area contributed by atoms with Gasteiger partial charge in [0.2, 0.25) is 0 Å². The molecule has 21 heavy (non-hydrogen) atoms. The number of hydrogen-bond acceptors (Lipinski definition) is 3. The lowest BCUT2D eigenvalue weighted by Gasteiger charge is -2.26. The summed E-state index contributed by atoms with van der Waals surface area (Å²) in [4.78, 5) is 14.8. The second-order valence-corrected chi connectivity index (χ2v) is 6.07. The van der Waals surface area contributed by atoms with Gasteiger partial charge < -0.3 is 19.5 Å². The van der Waals surface area contributed by atoms with Crippen molar-refractivity contribution in [2.24, 2.45) is 0 Å². The molecule has 3 rings (SSSR count). The fourth-order valence-electron chi connectivity index (χ4n) is 3.06. The molecule has 5 nitrogen and oxygen atoms in total. The van der Waals surface area contributed by atoms with Crippen LogP contribution in [0.2, 0.25) is 0 Å². The number of amides is 1. The molecule has 0 bridgehead atoms. The number of aromatic nitrogens is 1. The molecule has 2 fully saturated rings. The maximum absolute atomic E-state index is 12.9. The minimum atomic E-state index is 0.137. The van der Waals surface area contributed by atoms with Crippen LogP contribution in [0.25, 0.3) is 0 Å². The van der Waals surface area contributed by atoms with Crippen LogP contribution >= 0.6 is 0 Å². The number of rotatable bonds is 7. The van der Waals surface area contributed by atoms with E-state index in [4.69, 9.17) is 4.74 Å². The zero-order valence-electron chi connectivity index (χ0n) is 12.8. The highest BCUT2D eigenvalue weighted by Crippen LogP contribution is 2.36. The Balaban J connectivity index is 1.70. The summed E-state index contributed by atoms with van der Waals surface area (Å²) in [6, 6.07) is 4.89. The Morgan fingerprint density at radius 3 is 3.00 bits per heavy atom. The maximum atomic E-state index is 12.9. The van der Waals surface area contributed by atoms with Crippen molar-refractivity contribution in [1.29, 1.82) is 0 Å². The van der Waals surface area contributed by atoms with Gasteiger partial charge in [-0.05, 0) is 44.4 Å². The van der Waals surface area contributed by atoms with Gasteiger partial charge in [0, 0.05) is 38.5 Å². The van der Waals surface area contributed by atoms with Crippen molar-refractivity contribution in [2.45, 2.75) is 37.8 Å². The first kappa shape index (κ1) is 14.6. The standard InChI is InChI=1S/C16H25N3O2/c1-21-11-10-18(12-13-4-2-8-17-13)16(20)15-5-3-9-19(15)14-6-7-14/h3,5,9,13-14,17H,2,4,6-8,10-12H2,1H3. The van der Waals surface area contributed by atoms with Crippen LogP contribution in [0.4, 0.5) is 0 Å². The van der Waals surface area contributed by atoms with Crippen molar-refractivity contribution in [3.63, 3.8) is 0 Å².